The molecule has 0 aliphatic rings. The minimum atomic E-state index is -0.536. The Morgan fingerprint density at radius 2 is 2.19 bits per heavy atom. The van der Waals surface area contributed by atoms with Crippen LogP contribution in [0.1, 0.15) is 36.5 Å². The lowest BCUT2D eigenvalue weighted by atomic mass is 10.2. The van der Waals surface area contributed by atoms with Crippen molar-refractivity contribution >= 4 is 5.97 Å². The number of carbonyl (C=O) groups is 1. The van der Waals surface area contributed by atoms with Crippen molar-refractivity contribution in [2.24, 2.45) is 0 Å². The summed E-state index contributed by atoms with van der Waals surface area (Å²) < 4.78 is 4.88. The number of rotatable bonds is 5. The van der Waals surface area contributed by atoms with E-state index in [1.165, 1.54) is 18.4 Å². The third-order valence-corrected chi connectivity index (χ3v) is 2.12. The summed E-state index contributed by atoms with van der Waals surface area (Å²) in [6.07, 6.45) is 6.26. The first-order valence-electron chi connectivity index (χ1n) is 5.39. The number of ether oxygens (including phenoxy) is 1. The Kier molecular flexibility index (Phi) is 5.12. The van der Waals surface area contributed by atoms with Crippen LogP contribution in [0.3, 0.4) is 0 Å². The second-order valence-corrected chi connectivity index (χ2v) is 3.44. The molecule has 0 saturated heterocycles. The summed E-state index contributed by atoms with van der Waals surface area (Å²) in [6, 6.07) is 6.31. The largest absolute Gasteiger partial charge is 0.507 e. The number of phenols is 1. The van der Waals surface area contributed by atoms with Crippen molar-refractivity contribution in [1.29, 1.82) is 0 Å². The van der Waals surface area contributed by atoms with Gasteiger partial charge in [0.1, 0.15) is 11.3 Å². The number of benzene rings is 1. The topological polar surface area (TPSA) is 46.5 Å². The van der Waals surface area contributed by atoms with E-state index in [1.54, 1.807) is 18.2 Å². The summed E-state index contributed by atoms with van der Waals surface area (Å²) >= 11 is 0. The van der Waals surface area contributed by atoms with Gasteiger partial charge in [-0.2, -0.15) is 0 Å². The Labute approximate surface area is 95.4 Å². The summed E-state index contributed by atoms with van der Waals surface area (Å²) in [4.78, 5) is 11.5. The molecule has 0 radical (unpaired) electrons. The minimum absolute atomic E-state index is 0.0607. The number of carbonyl (C=O) groups excluding carboxylic acids is 1. The first-order valence-corrected chi connectivity index (χ1v) is 5.39. The highest BCUT2D eigenvalue weighted by atomic mass is 16.5. The maximum absolute atomic E-state index is 11.5. The molecule has 0 aliphatic carbocycles. The molecule has 1 N–H and O–H groups in total. The Balaban J connectivity index is 2.47. The predicted octanol–water partition coefficient (Wildman–Crippen LogP) is 3.25. The van der Waals surface area contributed by atoms with Crippen molar-refractivity contribution in [3.8, 4) is 5.75 Å². The van der Waals surface area contributed by atoms with E-state index in [0.29, 0.717) is 0 Å². The fourth-order valence-corrected chi connectivity index (χ4v) is 1.21. The number of hydrogen-bond acceptors (Lipinski definition) is 3. The van der Waals surface area contributed by atoms with E-state index in [9.17, 15) is 9.90 Å². The van der Waals surface area contributed by atoms with Gasteiger partial charge in [-0.25, -0.2) is 4.79 Å². The fraction of sp³-hybridized carbons (Fsp3) is 0.308. The van der Waals surface area contributed by atoms with E-state index in [4.69, 9.17) is 4.74 Å². The van der Waals surface area contributed by atoms with Gasteiger partial charge in [0.15, 0.2) is 0 Å². The van der Waals surface area contributed by atoms with Gasteiger partial charge in [0.05, 0.1) is 6.26 Å². The molecule has 1 aromatic carbocycles. The molecule has 0 fully saturated rings. The average molecular weight is 220 g/mol. The molecule has 1 aromatic rings. The zero-order valence-electron chi connectivity index (χ0n) is 9.35. The van der Waals surface area contributed by atoms with E-state index in [2.05, 4.69) is 6.92 Å². The molecule has 0 spiro atoms. The van der Waals surface area contributed by atoms with Crippen molar-refractivity contribution in [2.75, 3.05) is 0 Å². The van der Waals surface area contributed by atoms with Gasteiger partial charge >= 0.3 is 5.97 Å². The van der Waals surface area contributed by atoms with Gasteiger partial charge in [0.2, 0.25) is 0 Å². The van der Waals surface area contributed by atoms with Gasteiger partial charge < -0.3 is 9.84 Å². The first kappa shape index (κ1) is 12.3. The van der Waals surface area contributed by atoms with Crippen LogP contribution < -0.4 is 0 Å². The second-order valence-electron chi connectivity index (χ2n) is 3.44. The summed E-state index contributed by atoms with van der Waals surface area (Å²) in [6.45, 7) is 2.10. The van der Waals surface area contributed by atoms with Gasteiger partial charge in [0.25, 0.3) is 0 Å². The van der Waals surface area contributed by atoms with Gasteiger partial charge in [-0.3, -0.25) is 0 Å². The number of allylic oxidation sites excluding steroid dienone is 1. The monoisotopic (exact) mass is 220 g/mol. The molecule has 3 nitrogen and oxygen atoms in total. The molecular formula is C13H16O3. The molecule has 0 aromatic heterocycles. The summed E-state index contributed by atoms with van der Waals surface area (Å²) in [5.41, 5.74) is 0.183. The highest BCUT2D eigenvalue weighted by Gasteiger charge is 2.09. The smallest absolute Gasteiger partial charge is 0.346 e. The van der Waals surface area contributed by atoms with Crippen LogP contribution >= 0.6 is 0 Å². The zero-order chi connectivity index (χ0) is 11.8. The van der Waals surface area contributed by atoms with Gasteiger partial charge in [-0.1, -0.05) is 25.5 Å². The highest BCUT2D eigenvalue weighted by molar-refractivity contribution is 5.92. The second kappa shape index (κ2) is 6.67. The number of phenolic OH excluding ortho intramolecular Hbond substituents is 1. The summed E-state index contributed by atoms with van der Waals surface area (Å²) in [5.74, 6) is -0.597. The van der Waals surface area contributed by atoms with Crippen molar-refractivity contribution in [3.63, 3.8) is 0 Å². The maximum Gasteiger partial charge on any atom is 0.346 e. The molecule has 0 amide bonds. The number of para-hydroxylation sites is 1. The van der Waals surface area contributed by atoms with Crippen LogP contribution in [0.5, 0.6) is 5.75 Å². The average Bonchev–Trinajstić information content (AvgIpc) is 2.29. The number of aromatic hydroxyl groups is 1. The third-order valence-electron chi connectivity index (χ3n) is 2.12. The third kappa shape index (κ3) is 3.77. The van der Waals surface area contributed by atoms with Crippen LogP contribution in [-0.4, -0.2) is 11.1 Å². The molecule has 0 bridgehead atoms. The number of unbranched alkanes of at least 4 members (excludes halogenated alkanes) is 2. The normalized spacial score (nSPS) is 10.6. The first-order chi connectivity index (χ1) is 7.75. The summed E-state index contributed by atoms with van der Waals surface area (Å²) in [5, 5.41) is 9.40. The van der Waals surface area contributed by atoms with Crippen LogP contribution in [0.2, 0.25) is 0 Å². The maximum atomic E-state index is 11.5. The van der Waals surface area contributed by atoms with E-state index in [1.807, 2.05) is 0 Å². The van der Waals surface area contributed by atoms with E-state index < -0.39 is 5.97 Å². The van der Waals surface area contributed by atoms with Crippen LogP contribution in [0.4, 0.5) is 0 Å². The lowest BCUT2D eigenvalue weighted by molar-refractivity contribution is 0.0659. The van der Waals surface area contributed by atoms with Crippen molar-refractivity contribution in [3.05, 3.63) is 42.2 Å². The molecule has 0 heterocycles. The molecular weight excluding hydrogens is 204 g/mol. The quantitative estimate of drug-likeness (QED) is 0.470. The Morgan fingerprint density at radius 3 is 2.88 bits per heavy atom. The molecule has 86 valence electrons. The van der Waals surface area contributed by atoms with E-state index in [0.717, 1.165) is 19.3 Å². The minimum Gasteiger partial charge on any atom is -0.507 e. The standard InChI is InChI=1S/C13H16O3/c1-2-3-4-7-10-16-13(15)11-8-5-6-9-12(11)14/h5-10,14H,2-4H2,1H3/b10-7+. The Hall–Kier alpha value is -1.77. The zero-order valence-corrected chi connectivity index (χ0v) is 9.35. The van der Waals surface area contributed by atoms with Gasteiger partial charge in [-0.15, -0.1) is 0 Å². The summed E-state index contributed by atoms with van der Waals surface area (Å²) in [7, 11) is 0. The number of hydrogen-bond donors (Lipinski definition) is 1. The molecule has 0 atom stereocenters. The van der Waals surface area contributed by atoms with Gasteiger partial charge in [-0.05, 0) is 31.1 Å². The van der Waals surface area contributed by atoms with Crippen molar-refractivity contribution in [1.82, 2.24) is 0 Å². The van der Waals surface area contributed by atoms with E-state index in [-0.39, 0.29) is 11.3 Å². The Bertz CT molecular complexity index is 369. The van der Waals surface area contributed by atoms with E-state index >= 15 is 0 Å². The molecule has 0 aliphatic heterocycles. The number of esters is 1. The fourth-order valence-electron chi connectivity index (χ4n) is 1.21. The van der Waals surface area contributed by atoms with Crippen LogP contribution in [0.25, 0.3) is 0 Å². The van der Waals surface area contributed by atoms with Crippen molar-refractivity contribution in [2.45, 2.75) is 26.2 Å². The van der Waals surface area contributed by atoms with Gasteiger partial charge in [0, 0.05) is 0 Å². The highest BCUT2D eigenvalue weighted by Crippen LogP contribution is 2.16. The lowest BCUT2D eigenvalue weighted by Crippen LogP contribution is -2.00. The lowest BCUT2D eigenvalue weighted by Gasteiger charge is -2.01. The van der Waals surface area contributed by atoms with Crippen LogP contribution in [0, 0.1) is 0 Å². The predicted molar refractivity (Wildman–Crippen MR) is 62.2 cm³/mol. The van der Waals surface area contributed by atoms with Crippen LogP contribution in [0.15, 0.2) is 36.6 Å². The molecule has 0 saturated carbocycles. The SMILES string of the molecule is CCCC/C=C/OC(=O)c1ccccc1O. The van der Waals surface area contributed by atoms with Crippen molar-refractivity contribution < 1.29 is 14.6 Å². The molecule has 1 rings (SSSR count). The Morgan fingerprint density at radius 1 is 1.44 bits per heavy atom. The molecule has 16 heavy (non-hydrogen) atoms. The van der Waals surface area contributed by atoms with Crippen LogP contribution in [-0.2, 0) is 4.74 Å². The molecule has 3 heteroatoms. The molecule has 0 unspecified atom stereocenters.